The molecule has 4 heteroatoms. The first kappa shape index (κ1) is 15.6. The molecule has 0 spiro atoms. The van der Waals surface area contributed by atoms with Gasteiger partial charge in [-0.25, -0.2) is 0 Å². The van der Waals surface area contributed by atoms with E-state index in [0.29, 0.717) is 12.5 Å². The number of rotatable bonds is 7. The third kappa shape index (κ3) is 4.08. The maximum atomic E-state index is 11.7. The predicted molar refractivity (Wildman–Crippen MR) is 85.1 cm³/mol. The molecule has 1 aromatic heterocycles. The van der Waals surface area contributed by atoms with Crippen molar-refractivity contribution in [3.8, 4) is 0 Å². The maximum Gasteiger partial charge on any atom is 0.325 e. The fourth-order valence-electron chi connectivity index (χ4n) is 2.44. The van der Waals surface area contributed by atoms with Crippen molar-refractivity contribution < 1.29 is 9.53 Å². The number of fused-ring (bicyclic) bond motifs is 1. The van der Waals surface area contributed by atoms with Gasteiger partial charge in [-0.3, -0.25) is 4.79 Å². The Hall–Kier alpha value is -1.81. The molecule has 0 aliphatic rings. The quantitative estimate of drug-likeness (QED) is 0.797. The van der Waals surface area contributed by atoms with Gasteiger partial charge in [-0.05, 0) is 31.0 Å². The van der Waals surface area contributed by atoms with Crippen molar-refractivity contribution in [1.82, 2.24) is 9.88 Å². The van der Waals surface area contributed by atoms with Gasteiger partial charge in [-0.2, -0.15) is 0 Å². The normalized spacial score (nSPS) is 11.2. The fourth-order valence-corrected chi connectivity index (χ4v) is 2.44. The molecule has 0 amide bonds. The van der Waals surface area contributed by atoms with Crippen molar-refractivity contribution in [2.24, 2.45) is 5.92 Å². The second-order valence-corrected chi connectivity index (χ2v) is 5.63. The summed E-state index contributed by atoms with van der Waals surface area (Å²) in [5.74, 6) is 0.429. The highest BCUT2D eigenvalue weighted by atomic mass is 16.5. The molecule has 0 radical (unpaired) electrons. The van der Waals surface area contributed by atoms with Gasteiger partial charge in [0.05, 0.1) is 6.61 Å². The van der Waals surface area contributed by atoms with Gasteiger partial charge in [0.1, 0.15) is 6.54 Å². The van der Waals surface area contributed by atoms with Crippen molar-refractivity contribution in [2.75, 3.05) is 13.2 Å². The molecule has 0 bridgehead atoms. The molecule has 0 unspecified atom stereocenters. The highest BCUT2D eigenvalue weighted by Gasteiger charge is 2.11. The number of esters is 1. The largest absolute Gasteiger partial charge is 0.465 e. The molecule has 2 rings (SSSR count). The average Bonchev–Trinajstić information content (AvgIpc) is 2.77. The first-order chi connectivity index (χ1) is 10.1. The lowest BCUT2D eigenvalue weighted by atomic mass is 10.1. The van der Waals surface area contributed by atoms with Crippen LogP contribution in [0.5, 0.6) is 0 Å². The van der Waals surface area contributed by atoms with Gasteiger partial charge in [0.15, 0.2) is 0 Å². The Morgan fingerprint density at radius 2 is 2.10 bits per heavy atom. The molecule has 0 aliphatic heterocycles. The minimum Gasteiger partial charge on any atom is -0.465 e. The maximum absolute atomic E-state index is 11.7. The van der Waals surface area contributed by atoms with Crippen LogP contribution < -0.4 is 5.32 Å². The van der Waals surface area contributed by atoms with Crippen molar-refractivity contribution in [3.05, 3.63) is 36.0 Å². The minimum atomic E-state index is -0.194. The first-order valence-corrected chi connectivity index (χ1v) is 7.55. The first-order valence-electron chi connectivity index (χ1n) is 7.55. The van der Waals surface area contributed by atoms with Crippen molar-refractivity contribution in [2.45, 2.75) is 33.9 Å². The minimum absolute atomic E-state index is 0.194. The van der Waals surface area contributed by atoms with Gasteiger partial charge in [0.2, 0.25) is 0 Å². The number of carbonyl (C=O) groups is 1. The van der Waals surface area contributed by atoms with Crippen molar-refractivity contribution in [3.63, 3.8) is 0 Å². The Morgan fingerprint density at radius 3 is 2.81 bits per heavy atom. The molecule has 1 heterocycles. The Balaban J connectivity index is 2.19. The van der Waals surface area contributed by atoms with Crippen LogP contribution in [-0.2, 0) is 22.6 Å². The summed E-state index contributed by atoms with van der Waals surface area (Å²) in [4.78, 5) is 11.7. The number of para-hydroxylation sites is 1. The molecule has 4 nitrogen and oxygen atoms in total. The van der Waals surface area contributed by atoms with E-state index in [9.17, 15) is 4.79 Å². The van der Waals surface area contributed by atoms with Crippen molar-refractivity contribution in [1.29, 1.82) is 0 Å². The Bertz CT molecular complexity index is 602. The summed E-state index contributed by atoms with van der Waals surface area (Å²) in [5.41, 5.74) is 2.29. The van der Waals surface area contributed by atoms with Gasteiger partial charge in [0.25, 0.3) is 0 Å². The number of nitrogens with zero attached hydrogens (tertiary/aromatic N) is 1. The lowest BCUT2D eigenvalue weighted by Crippen LogP contribution is -2.18. The van der Waals surface area contributed by atoms with Gasteiger partial charge < -0.3 is 14.6 Å². The SMILES string of the molecule is CCOC(=O)Cn1cc(CNCC(C)C)c2ccccc21. The van der Waals surface area contributed by atoms with E-state index >= 15 is 0 Å². The third-order valence-electron chi connectivity index (χ3n) is 3.34. The molecule has 1 N–H and O–H groups in total. The van der Waals surface area contributed by atoms with E-state index in [0.717, 1.165) is 18.6 Å². The molecular formula is C17H24N2O2. The molecule has 0 aliphatic carbocycles. The van der Waals surface area contributed by atoms with Crippen LogP contribution in [0.25, 0.3) is 10.9 Å². The molecule has 1 aromatic carbocycles. The summed E-state index contributed by atoms with van der Waals surface area (Å²) >= 11 is 0. The van der Waals surface area contributed by atoms with Gasteiger partial charge in [0, 0.05) is 23.6 Å². The van der Waals surface area contributed by atoms with Crippen LogP contribution in [0.4, 0.5) is 0 Å². The van der Waals surface area contributed by atoms with E-state index in [1.54, 1.807) is 0 Å². The van der Waals surface area contributed by atoms with E-state index in [1.165, 1.54) is 10.9 Å². The fraction of sp³-hybridized carbons (Fsp3) is 0.471. The molecule has 21 heavy (non-hydrogen) atoms. The number of benzene rings is 1. The number of hydrogen-bond acceptors (Lipinski definition) is 3. The Kier molecular flexibility index (Phi) is 5.39. The lowest BCUT2D eigenvalue weighted by Gasteiger charge is -2.06. The zero-order valence-electron chi connectivity index (χ0n) is 13.1. The Morgan fingerprint density at radius 1 is 1.33 bits per heavy atom. The van der Waals surface area contributed by atoms with Gasteiger partial charge in [-0.15, -0.1) is 0 Å². The topological polar surface area (TPSA) is 43.3 Å². The number of nitrogens with one attached hydrogen (secondary N) is 1. The highest BCUT2D eigenvalue weighted by Crippen LogP contribution is 2.21. The van der Waals surface area contributed by atoms with Crippen LogP contribution >= 0.6 is 0 Å². The number of ether oxygens (including phenoxy) is 1. The second kappa shape index (κ2) is 7.27. The standard InChI is InChI=1S/C17H24N2O2/c1-4-21-17(20)12-19-11-14(10-18-9-13(2)3)15-7-5-6-8-16(15)19/h5-8,11,13,18H,4,9-10,12H2,1-3H3. The molecular weight excluding hydrogens is 264 g/mol. The zero-order valence-corrected chi connectivity index (χ0v) is 13.1. The zero-order chi connectivity index (χ0) is 15.2. The van der Waals surface area contributed by atoms with E-state index in [2.05, 4.69) is 31.4 Å². The predicted octanol–water partition coefficient (Wildman–Crippen LogP) is 2.95. The molecule has 0 atom stereocenters. The molecule has 114 valence electrons. The summed E-state index contributed by atoms with van der Waals surface area (Å²) < 4.78 is 7.01. The molecule has 0 fully saturated rings. The van der Waals surface area contributed by atoms with Gasteiger partial charge >= 0.3 is 5.97 Å². The molecule has 0 saturated carbocycles. The summed E-state index contributed by atoms with van der Waals surface area (Å²) in [6.07, 6.45) is 2.05. The summed E-state index contributed by atoms with van der Waals surface area (Å²) in [7, 11) is 0. The summed E-state index contributed by atoms with van der Waals surface area (Å²) in [5, 5.41) is 4.65. The van der Waals surface area contributed by atoms with Crippen molar-refractivity contribution >= 4 is 16.9 Å². The van der Waals surface area contributed by atoms with E-state index in [-0.39, 0.29) is 12.5 Å². The van der Waals surface area contributed by atoms with Crippen LogP contribution in [0.2, 0.25) is 0 Å². The third-order valence-corrected chi connectivity index (χ3v) is 3.34. The number of carbonyl (C=O) groups excluding carboxylic acids is 1. The van der Waals surface area contributed by atoms with Crippen LogP contribution in [0.3, 0.4) is 0 Å². The Labute approximate surface area is 126 Å². The average molecular weight is 288 g/mol. The monoisotopic (exact) mass is 288 g/mol. The second-order valence-electron chi connectivity index (χ2n) is 5.63. The van der Waals surface area contributed by atoms with E-state index < -0.39 is 0 Å². The summed E-state index contributed by atoms with van der Waals surface area (Å²) in [6.45, 7) is 8.69. The van der Waals surface area contributed by atoms with Crippen LogP contribution in [0, 0.1) is 5.92 Å². The molecule has 2 aromatic rings. The van der Waals surface area contributed by atoms with E-state index in [1.807, 2.05) is 29.7 Å². The van der Waals surface area contributed by atoms with Crippen LogP contribution in [0.1, 0.15) is 26.3 Å². The number of hydrogen-bond donors (Lipinski definition) is 1. The summed E-state index contributed by atoms with van der Waals surface area (Å²) in [6, 6.07) is 8.17. The highest BCUT2D eigenvalue weighted by molar-refractivity contribution is 5.85. The van der Waals surface area contributed by atoms with E-state index in [4.69, 9.17) is 4.74 Å². The van der Waals surface area contributed by atoms with Crippen LogP contribution in [0.15, 0.2) is 30.5 Å². The molecule has 0 saturated heterocycles. The van der Waals surface area contributed by atoms with Gasteiger partial charge in [-0.1, -0.05) is 32.0 Å². The smallest absolute Gasteiger partial charge is 0.325 e. The number of aromatic nitrogens is 1. The lowest BCUT2D eigenvalue weighted by molar-refractivity contribution is -0.143. The van der Waals surface area contributed by atoms with Crippen LogP contribution in [-0.4, -0.2) is 23.7 Å².